The summed E-state index contributed by atoms with van der Waals surface area (Å²) in [5, 5.41) is 0. The van der Waals surface area contributed by atoms with Crippen molar-refractivity contribution in [2.24, 2.45) is 0 Å². The second kappa shape index (κ2) is 5.85. The number of anilines is 1. The number of ether oxygens (including phenoxy) is 1. The van der Waals surface area contributed by atoms with Crippen LogP contribution in [0.25, 0.3) is 0 Å². The molecule has 1 aliphatic heterocycles. The lowest BCUT2D eigenvalue weighted by atomic mass is 10.1. The lowest BCUT2D eigenvalue weighted by molar-refractivity contribution is 0.357. The van der Waals surface area contributed by atoms with Crippen molar-refractivity contribution in [2.45, 2.75) is 17.7 Å². The maximum absolute atomic E-state index is 13.2. The van der Waals surface area contributed by atoms with Gasteiger partial charge in [0.05, 0.1) is 22.3 Å². The molecule has 2 aromatic carbocycles. The van der Waals surface area contributed by atoms with Gasteiger partial charge in [-0.25, -0.2) is 4.39 Å². The number of hydrogen-bond acceptors (Lipinski definition) is 3. The third-order valence-corrected chi connectivity index (χ3v) is 4.97. The van der Waals surface area contributed by atoms with Crippen molar-refractivity contribution < 1.29 is 13.3 Å². The lowest BCUT2D eigenvalue weighted by Crippen LogP contribution is -2.05. The van der Waals surface area contributed by atoms with Gasteiger partial charge in [-0.15, -0.1) is 0 Å². The van der Waals surface area contributed by atoms with E-state index in [4.69, 9.17) is 10.5 Å². The molecule has 0 aliphatic carbocycles. The highest BCUT2D eigenvalue weighted by molar-refractivity contribution is 7.85. The summed E-state index contributed by atoms with van der Waals surface area (Å²) < 4.78 is 30.9. The van der Waals surface area contributed by atoms with Crippen LogP contribution in [0.5, 0.6) is 5.75 Å². The summed E-state index contributed by atoms with van der Waals surface area (Å²) in [5.74, 6) is 0.948. The van der Waals surface area contributed by atoms with Crippen molar-refractivity contribution >= 4 is 16.5 Å². The molecule has 3 rings (SSSR count). The number of fused-ring (bicyclic) bond motifs is 1. The van der Waals surface area contributed by atoms with E-state index in [1.165, 1.54) is 23.8 Å². The molecule has 2 aromatic rings. The van der Waals surface area contributed by atoms with E-state index in [0.717, 1.165) is 24.3 Å². The molecule has 0 amide bonds. The van der Waals surface area contributed by atoms with Gasteiger partial charge in [0.25, 0.3) is 0 Å². The summed E-state index contributed by atoms with van der Waals surface area (Å²) in [6.07, 6.45) is 1.58. The van der Waals surface area contributed by atoms with Crippen LogP contribution < -0.4 is 10.5 Å². The number of halogens is 1. The third kappa shape index (κ3) is 3.08. The van der Waals surface area contributed by atoms with Crippen molar-refractivity contribution in [3.63, 3.8) is 0 Å². The maximum Gasteiger partial charge on any atom is 0.124 e. The fraction of sp³-hybridized carbons (Fsp3) is 0.250. The summed E-state index contributed by atoms with van der Waals surface area (Å²) >= 11 is 0. The van der Waals surface area contributed by atoms with Gasteiger partial charge in [-0.2, -0.15) is 0 Å². The largest absolute Gasteiger partial charge is 0.493 e. The zero-order chi connectivity index (χ0) is 14.8. The highest BCUT2D eigenvalue weighted by Gasteiger charge is 2.13. The van der Waals surface area contributed by atoms with Crippen LogP contribution in [0.3, 0.4) is 0 Å². The highest BCUT2D eigenvalue weighted by atomic mass is 32.2. The minimum absolute atomic E-state index is 0.372. The molecule has 3 nitrogen and oxygen atoms in total. The van der Waals surface area contributed by atoms with Crippen LogP contribution in [0.1, 0.15) is 11.1 Å². The molecule has 0 saturated heterocycles. The Labute approximate surface area is 125 Å². The minimum atomic E-state index is -1.30. The first-order valence-corrected chi connectivity index (χ1v) is 8.13. The molecule has 0 aromatic heterocycles. The van der Waals surface area contributed by atoms with E-state index in [-0.39, 0.29) is 0 Å². The Hall–Kier alpha value is -1.88. The summed E-state index contributed by atoms with van der Waals surface area (Å²) in [4.78, 5) is 0.375. The second-order valence-electron chi connectivity index (χ2n) is 5.02. The maximum atomic E-state index is 13.2. The topological polar surface area (TPSA) is 52.3 Å². The molecule has 2 N–H and O–H groups in total. The van der Waals surface area contributed by atoms with Crippen molar-refractivity contribution in [2.75, 3.05) is 18.1 Å². The number of rotatable bonds is 4. The summed E-state index contributed by atoms with van der Waals surface area (Å²) in [6.45, 7) is 0.727. The van der Waals surface area contributed by atoms with Crippen LogP contribution >= 0.6 is 0 Å². The first kappa shape index (κ1) is 14.1. The monoisotopic (exact) mass is 305 g/mol. The Bertz CT molecular complexity index is 703. The quantitative estimate of drug-likeness (QED) is 0.884. The van der Waals surface area contributed by atoms with Crippen LogP contribution in [0, 0.1) is 5.82 Å². The van der Waals surface area contributed by atoms with E-state index in [1.807, 2.05) is 12.1 Å². The Balaban J connectivity index is 1.70. The van der Waals surface area contributed by atoms with Crippen molar-refractivity contribution in [1.29, 1.82) is 0 Å². The zero-order valence-corrected chi connectivity index (χ0v) is 12.3. The van der Waals surface area contributed by atoms with Gasteiger partial charge in [0, 0.05) is 17.9 Å². The van der Waals surface area contributed by atoms with E-state index < -0.39 is 16.6 Å². The van der Waals surface area contributed by atoms with E-state index >= 15 is 0 Å². The number of nitrogen functional groups attached to an aromatic ring is 1. The number of benzene rings is 2. The summed E-state index contributed by atoms with van der Waals surface area (Å²) in [7, 11) is -1.30. The molecule has 5 heteroatoms. The van der Waals surface area contributed by atoms with E-state index in [0.29, 0.717) is 22.8 Å². The van der Waals surface area contributed by atoms with Gasteiger partial charge in [-0.3, -0.25) is 4.21 Å². The van der Waals surface area contributed by atoms with Crippen LogP contribution in [0.15, 0.2) is 41.3 Å². The van der Waals surface area contributed by atoms with Crippen LogP contribution in [-0.4, -0.2) is 16.6 Å². The SMILES string of the molecule is Nc1ccc(F)cc1S(=O)CCc1ccc2c(c1)CCO2. The molecule has 0 spiro atoms. The predicted molar refractivity (Wildman–Crippen MR) is 81.4 cm³/mol. The molecule has 0 bridgehead atoms. The molecule has 110 valence electrons. The number of hydrogen-bond donors (Lipinski definition) is 1. The average molecular weight is 305 g/mol. The molecule has 1 aliphatic rings. The van der Waals surface area contributed by atoms with Crippen LogP contribution in [0.4, 0.5) is 10.1 Å². The molecule has 21 heavy (non-hydrogen) atoms. The lowest BCUT2D eigenvalue weighted by Gasteiger charge is -2.07. The Morgan fingerprint density at radius 1 is 1.24 bits per heavy atom. The minimum Gasteiger partial charge on any atom is -0.493 e. The van der Waals surface area contributed by atoms with Crippen molar-refractivity contribution in [1.82, 2.24) is 0 Å². The summed E-state index contributed by atoms with van der Waals surface area (Å²) in [6, 6.07) is 10.0. The van der Waals surface area contributed by atoms with Crippen molar-refractivity contribution in [3.8, 4) is 5.75 Å². The first-order valence-electron chi connectivity index (χ1n) is 6.81. The molecule has 0 saturated carbocycles. The van der Waals surface area contributed by atoms with E-state index in [9.17, 15) is 8.60 Å². The van der Waals surface area contributed by atoms with Crippen LogP contribution in [0.2, 0.25) is 0 Å². The van der Waals surface area contributed by atoms with Gasteiger partial charge in [-0.1, -0.05) is 12.1 Å². The molecular weight excluding hydrogens is 289 g/mol. The molecular formula is C16H16FNO2S. The number of nitrogens with two attached hydrogens (primary N) is 1. The van der Waals surface area contributed by atoms with Gasteiger partial charge in [0.1, 0.15) is 11.6 Å². The van der Waals surface area contributed by atoms with Crippen molar-refractivity contribution in [3.05, 3.63) is 53.3 Å². The average Bonchev–Trinajstić information content (AvgIpc) is 2.94. The smallest absolute Gasteiger partial charge is 0.124 e. The van der Waals surface area contributed by atoms with Crippen LogP contribution in [-0.2, 0) is 23.6 Å². The fourth-order valence-electron chi connectivity index (χ4n) is 2.42. The Kier molecular flexibility index (Phi) is 3.92. The van der Waals surface area contributed by atoms with Gasteiger partial charge in [0.2, 0.25) is 0 Å². The fourth-order valence-corrected chi connectivity index (χ4v) is 3.64. The molecule has 1 atom stereocenters. The molecule has 1 heterocycles. The Morgan fingerprint density at radius 3 is 2.95 bits per heavy atom. The summed E-state index contributed by atoms with van der Waals surface area (Å²) in [5.41, 5.74) is 8.44. The predicted octanol–water partition coefficient (Wildman–Crippen LogP) is 2.69. The van der Waals surface area contributed by atoms with Gasteiger partial charge >= 0.3 is 0 Å². The molecule has 0 fully saturated rings. The Morgan fingerprint density at radius 2 is 2.10 bits per heavy atom. The van der Waals surface area contributed by atoms with Gasteiger partial charge in [-0.05, 0) is 41.8 Å². The molecule has 0 radical (unpaired) electrons. The zero-order valence-electron chi connectivity index (χ0n) is 11.5. The van der Waals surface area contributed by atoms with Gasteiger partial charge in [0.15, 0.2) is 0 Å². The molecule has 1 unspecified atom stereocenters. The normalized spacial score (nSPS) is 14.5. The van der Waals surface area contributed by atoms with E-state index in [2.05, 4.69) is 6.07 Å². The number of aryl methyl sites for hydroxylation is 1. The standard InChI is InChI=1S/C16H16FNO2S/c17-13-2-3-14(18)16(10-13)21(19)8-6-11-1-4-15-12(9-11)5-7-20-15/h1-4,9-10H,5-8,18H2. The first-order chi connectivity index (χ1) is 10.1. The van der Waals surface area contributed by atoms with Gasteiger partial charge < -0.3 is 10.5 Å². The second-order valence-corrected chi connectivity index (χ2v) is 6.56. The highest BCUT2D eigenvalue weighted by Crippen LogP contribution is 2.26. The third-order valence-electron chi connectivity index (χ3n) is 3.55. The van der Waals surface area contributed by atoms with E-state index in [1.54, 1.807) is 0 Å².